The molecule has 0 radical (unpaired) electrons. The Bertz CT molecular complexity index is 1060. The molecule has 0 spiro atoms. The minimum atomic E-state index is -0.502. The van der Waals surface area contributed by atoms with Gasteiger partial charge in [-0.3, -0.25) is 20.0 Å². The molecule has 0 aliphatic carbocycles. The molecule has 1 amide bonds. The second-order valence-electron chi connectivity index (χ2n) is 7.62. The molecule has 3 aromatic rings. The van der Waals surface area contributed by atoms with Gasteiger partial charge in [-0.2, -0.15) is 0 Å². The van der Waals surface area contributed by atoms with Gasteiger partial charge < -0.3 is 4.74 Å². The van der Waals surface area contributed by atoms with Gasteiger partial charge in [-0.05, 0) is 74.5 Å². The van der Waals surface area contributed by atoms with Crippen LogP contribution >= 0.6 is 0 Å². The van der Waals surface area contributed by atoms with Crippen molar-refractivity contribution in [2.24, 2.45) is 5.92 Å². The zero-order valence-corrected chi connectivity index (χ0v) is 17.1. The highest BCUT2D eigenvalue weighted by molar-refractivity contribution is 5.99. The molecule has 1 aliphatic heterocycles. The van der Waals surface area contributed by atoms with Crippen molar-refractivity contribution >= 4 is 28.5 Å². The number of rotatable bonds is 6. The van der Waals surface area contributed by atoms with Gasteiger partial charge in [-0.25, -0.2) is 9.18 Å². The van der Waals surface area contributed by atoms with Crippen molar-refractivity contribution in [3.05, 3.63) is 72.2 Å². The fraction of sp³-hybridized carbons (Fsp3) is 0.292. The van der Waals surface area contributed by atoms with Crippen LogP contribution in [0.1, 0.15) is 23.2 Å². The van der Waals surface area contributed by atoms with Crippen molar-refractivity contribution in [3.63, 3.8) is 0 Å². The lowest BCUT2D eigenvalue weighted by molar-refractivity contribution is 0.0813. The summed E-state index contributed by atoms with van der Waals surface area (Å²) in [5.74, 6) is -0.321. The lowest BCUT2D eigenvalue weighted by Crippen LogP contribution is -2.38. The maximum Gasteiger partial charge on any atom is 0.411 e. The van der Waals surface area contributed by atoms with Crippen LogP contribution in [-0.4, -0.2) is 48.0 Å². The number of pyridine rings is 1. The van der Waals surface area contributed by atoms with Crippen LogP contribution < -0.4 is 5.32 Å². The molecule has 0 atom stereocenters. The van der Waals surface area contributed by atoms with Crippen LogP contribution in [0.2, 0.25) is 0 Å². The lowest BCUT2D eigenvalue weighted by Gasteiger charge is -2.31. The molecule has 0 unspecified atom stereocenters. The Morgan fingerprint density at radius 3 is 2.61 bits per heavy atom. The Morgan fingerprint density at radius 1 is 1.06 bits per heavy atom. The van der Waals surface area contributed by atoms with Gasteiger partial charge >= 0.3 is 6.09 Å². The summed E-state index contributed by atoms with van der Waals surface area (Å²) in [7, 11) is 0. The fourth-order valence-electron chi connectivity index (χ4n) is 3.89. The van der Waals surface area contributed by atoms with Crippen molar-refractivity contribution < 1.29 is 18.7 Å². The smallest absolute Gasteiger partial charge is 0.411 e. The van der Waals surface area contributed by atoms with Gasteiger partial charge in [0.15, 0.2) is 5.78 Å². The minimum absolute atomic E-state index is 0.0501. The number of benzene rings is 2. The molecule has 160 valence electrons. The normalized spacial score (nSPS) is 15.0. The van der Waals surface area contributed by atoms with Gasteiger partial charge in [-0.1, -0.05) is 6.07 Å². The van der Waals surface area contributed by atoms with E-state index in [-0.39, 0.29) is 24.1 Å². The highest BCUT2D eigenvalue weighted by Crippen LogP contribution is 2.23. The monoisotopic (exact) mass is 421 g/mol. The summed E-state index contributed by atoms with van der Waals surface area (Å²) >= 11 is 0. The first-order valence-electron chi connectivity index (χ1n) is 10.4. The van der Waals surface area contributed by atoms with Crippen LogP contribution in [0.15, 0.2) is 60.8 Å². The average Bonchev–Trinajstić information content (AvgIpc) is 2.80. The number of likely N-dealkylation sites (tertiary alicyclic amines) is 1. The van der Waals surface area contributed by atoms with Gasteiger partial charge in [0.1, 0.15) is 12.4 Å². The average molecular weight is 421 g/mol. The van der Waals surface area contributed by atoms with E-state index in [0.717, 1.165) is 36.8 Å². The number of fused-ring (bicyclic) bond motifs is 1. The molecular weight excluding hydrogens is 397 g/mol. The fourth-order valence-corrected chi connectivity index (χ4v) is 3.89. The van der Waals surface area contributed by atoms with E-state index < -0.39 is 6.09 Å². The number of ketones is 1. The molecule has 2 aromatic carbocycles. The summed E-state index contributed by atoms with van der Waals surface area (Å²) in [5.41, 5.74) is 2.03. The third-order valence-electron chi connectivity index (χ3n) is 5.61. The molecule has 2 heterocycles. The lowest BCUT2D eigenvalue weighted by atomic mass is 9.89. The summed E-state index contributed by atoms with van der Waals surface area (Å²) in [4.78, 5) is 31.2. The maximum absolute atomic E-state index is 13.0. The number of carbonyl (C=O) groups excluding carboxylic acids is 2. The Hall–Kier alpha value is -3.32. The summed E-state index contributed by atoms with van der Waals surface area (Å²) in [6.45, 7) is 2.41. The number of anilines is 1. The van der Waals surface area contributed by atoms with Crippen LogP contribution in [0.5, 0.6) is 0 Å². The Morgan fingerprint density at radius 2 is 1.84 bits per heavy atom. The van der Waals surface area contributed by atoms with E-state index in [1.807, 2.05) is 30.3 Å². The predicted molar refractivity (Wildman–Crippen MR) is 117 cm³/mol. The number of piperidine rings is 1. The molecule has 0 bridgehead atoms. The molecular formula is C24H24FN3O3. The second kappa shape index (κ2) is 9.66. The molecule has 1 aromatic heterocycles. The highest BCUT2D eigenvalue weighted by Gasteiger charge is 2.25. The van der Waals surface area contributed by atoms with Crippen molar-refractivity contribution in [3.8, 4) is 0 Å². The third kappa shape index (κ3) is 5.24. The van der Waals surface area contributed by atoms with Crippen molar-refractivity contribution in [2.75, 3.05) is 31.6 Å². The van der Waals surface area contributed by atoms with Gasteiger partial charge in [0.25, 0.3) is 0 Å². The number of hydrogen-bond donors (Lipinski definition) is 1. The van der Waals surface area contributed by atoms with Crippen LogP contribution in [0.25, 0.3) is 10.9 Å². The van der Waals surface area contributed by atoms with E-state index in [2.05, 4.69) is 15.2 Å². The molecule has 1 fully saturated rings. The van der Waals surface area contributed by atoms with Crippen molar-refractivity contribution in [2.45, 2.75) is 12.8 Å². The van der Waals surface area contributed by atoms with E-state index in [0.29, 0.717) is 17.8 Å². The Kier molecular flexibility index (Phi) is 6.52. The molecule has 1 aliphatic rings. The van der Waals surface area contributed by atoms with E-state index >= 15 is 0 Å². The second-order valence-corrected chi connectivity index (χ2v) is 7.62. The zero-order valence-electron chi connectivity index (χ0n) is 17.1. The molecule has 31 heavy (non-hydrogen) atoms. The van der Waals surface area contributed by atoms with Gasteiger partial charge in [0.05, 0.1) is 11.2 Å². The van der Waals surface area contributed by atoms with Crippen LogP contribution in [0.4, 0.5) is 14.9 Å². The first kappa shape index (κ1) is 20.9. The SMILES string of the molecule is O=C(Nc1cccc2ncccc12)OCCN1CCC(C(=O)c2ccc(F)cc2)CC1. The Balaban J connectivity index is 1.21. The summed E-state index contributed by atoms with van der Waals surface area (Å²) < 4.78 is 18.4. The summed E-state index contributed by atoms with van der Waals surface area (Å²) in [6, 6.07) is 15.0. The molecule has 0 saturated carbocycles. The number of aromatic nitrogens is 1. The number of carbonyl (C=O) groups is 2. The predicted octanol–water partition coefficient (Wildman–Crippen LogP) is 4.52. The van der Waals surface area contributed by atoms with Gasteiger partial charge in [0.2, 0.25) is 0 Å². The van der Waals surface area contributed by atoms with E-state index in [1.165, 1.54) is 12.1 Å². The largest absolute Gasteiger partial charge is 0.448 e. The number of Topliss-reactive ketones (excluding diaryl/α,β-unsaturated/α-hetero) is 1. The number of nitrogens with zero attached hydrogens (tertiary/aromatic N) is 2. The topological polar surface area (TPSA) is 71.5 Å². The van der Waals surface area contributed by atoms with Crippen LogP contribution in [0, 0.1) is 11.7 Å². The number of nitrogens with one attached hydrogen (secondary N) is 1. The van der Waals surface area contributed by atoms with E-state index in [1.54, 1.807) is 18.3 Å². The van der Waals surface area contributed by atoms with Crippen LogP contribution in [-0.2, 0) is 4.74 Å². The summed E-state index contributed by atoms with van der Waals surface area (Å²) in [5, 5.41) is 3.63. The molecule has 7 heteroatoms. The van der Waals surface area contributed by atoms with E-state index in [9.17, 15) is 14.0 Å². The van der Waals surface area contributed by atoms with Crippen LogP contribution in [0.3, 0.4) is 0 Å². The maximum atomic E-state index is 13.0. The third-order valence-corrected chi connectivity index (χ3v) is 5.61. The quantitative estimate of drug-likeness (QED) is 0.593. The summed E-state index contributed by atoms with van der Waals surface area (Å²) in [6.07, 6.45) is 2.69. The van der Waals surface area contributed by atoms with E-state index in [4.69, 9.17) is 4.74 Å². The molecule has 6 nitrogen and oxygen atoms in total. The highest BCUT2D eigenvalue weighted by atomic mass is 19.1. The standard InChI is InChI=1S/C24H24FN3O3/c25-19-8-6-17(7-9-19)23(29)18-10-13-28(14-11-18)15-16-31-24(30)27-22-5-1-4-21-20(22)3-2-12-26-21/h1-9,12,18H,10-11,13-16H2,(H,27,30). The number of hydrogen-bond acceptors (Lipinski definition) is 5. The first-order chi connectivity index (χ1) is 15.1. The van der Waals surface area contributed by atoms with Gasteiger partial charge in [0, 0.05) is 29.6 Å². The van der Waals surface area contributed by atoms with Gasteiger partial charge in [-0.15, -0.1) is 0 Å². The van der Waals surface area contributed by atoms with Crippen molar-refractivity contribution in [1.29, 1.82) is 0 Å². The number of halogens is 1. The Labute approximate surface area is 180 Å². The van der Waals surface area contributed by atoms with Crippen molar-refractivity contribution in [1.82, 2.24) is 9.88 Å². The minimum Gasteiger partial charge on any atom is -0.448 e. The zero-order chi connectivity index (χ0) is 21.6. The molecule has 1 saturated heterocycles. The first-order valence-corrected chi connectivity index (χ1v) is 10.4. The number of ether oxygens (including phenoxy) is 1. The number of amides is 1. The molecule has 4 rings (SSSR count). The molecule has 1 N–H and O–H groups in total.